The number of rotatable bonds is 6. The normalized spacial score (nSPS) is 17.4. The van der Waals surface area contributed by atoms with E-state index in [1.165, 1.54) is 6.42 Å². The average molecular weight is 229 g/mol. The minimum absolute atomic E-state index is 0.0299. The Balaban J connectivity index is 2.44. The monoisotopic (exact) mass is 229 g/mol. The zero-order chi connectivity index (χ0) is 11.8. The highest BCUT2D eigenvalue weighted by Gasteiger charge is 2.25. The lowest BCUT2D eigenvalue weighted by molar-refractivity contribution is -0.137. The number of amides is 1. The van der Waals surface area contributed by atoms with E-state index < -0.39 is 0 Å². The first-order valence-electron chi connectivity index (χ1n) is 6.18. The van der Waals surface area contributed by atoms with Crippen LogP contribution in [0.4, 0.5) is 0 Å². The highest BCUT2D eigenvalue weighted by molar-refractivity contribution is 5.78. The van der Waals surface area contributed by atoms with Gasteiger partial charge in [0.2, 0.25) is 5.91 Å². The fourth-order valence-corrected chi connectivity index (χ4v) is 2.26. The van der Waals surface area contributed by atoms with E-state index in [0.29, 0.717) is 19.7 Å². The highest BCUT2D eigenvalue weighted by Crippen LogP contribution is 2.25. The molecule has 0 aromatic heterocycles. The summed E-state index contributed by atoms with van der Waals surface area (Å²) in [5.74, 6) is 0.378. The van der Waals surface area contributed by atoms with Crippen molar-refractivity contribution in [2.75, 3.05) is 33.4 Å². The van der Waals surface area contributed by atoms with E-state index in [-0.39, 0.29) is 18.4 Å². The van der Waals surface area contributed by atoms with E-state index in [2.05, 4.69) is 0 Å². The maximum absolute atomic E-state index is 12.2. The van der Waals surface area contributed by atoms with Crippen molar-refractivity contribution < 1.29 is 14.6 Å². The summed E-state index contributed by atoms with van der Waals surface area (Å²) >= 11 is 0. The van der Waals surface area contributed by atoms with E-state index in [1.807, 2.05) is 0 Å². The van der Waals surface area contributed by atoms with E-state index in [4.69, 9.17) is 9.84 Å². The summed E-state index contributed by atoms with van der Waals surface area (Å²) in [5.41, 5.74) is 0. The van der Waals surface area contributed by atoms with Gasteiger partial charge in [0.15, 0.2) is 0 Å². The summed E-state index contributed by atoms with van der Waals surface area (Å²) in [4.78, 5) is 13.9. The van der Waals surface area contributed by atoms with Crippen molar-refractivity contribution in [1.29, 1.82) is 0 Å². The van der Waals surface area contributed by atoms with Crippen LogP contribution in [0.1, 0.15) is 32.1 Å². The smallest absolute Gasteiger partial charge is 0.225 e. The molecule has 4 nitrogen and oxygen atoms in total. The van der Waals surface area contributed by atoms with Crippen LogP contribution in [0, 0.1) is 5.92 Å². The highest BCUT2D eigenvalue weighted by atomic mass is 16.5. The number of aliphatic hydroxyl groups is 1. The number of ether oxygens (including phenoxy) is 1. The molecule has 0 spiro atoms. The van der Waals surface area contributed by atoms with Gasteiger partial charge in [-0.05, 0) is 12.8 Å². The van der Waals surface area contributed by atoms with Crippen molar-refractivity contribution in [2.45, 2.75) is 32.1 Å². The van der Waals surface area contributed by atoms with Crippen molar-refractivity contribution >= 4 is 5.91 Å². The largest absolute Gasteiger partial charge is 0.395 e. The van der Waals surface area contributed by atoms with Crippen molar-refractivity contribution in [2.24, 2.45) is 5.92 Å². The summed E-state index contributed by atoms with van der Waals surface area (Å²) in [6.07, 6.45) is 5.59. The van der Waals surface area contributed by atoms with Crippen LogP contribution < -0.4 is 0 Å². The molecule has 0 radical (unpaired) electrons. The van der Waals surface area contributed by atoms with E-state index in [0.717, 1.165) is 25.7 Å². The average Bonchev–Trinajstić information content (AvgIpc) is 2.35. The Bertz CT molecular complexity index is 202. The third kappa shape index (κ3) is 4.10. The molecule has 0 unspecified atom stereocenters. The van der Waals surface area contributed by atoms with E-state index >= 15 is 0 Å². The molecule has 0 bridgehead atoms. The quantitative estimate of drug-likeness (QED) is 0.740. The van der Waals surface area contributed by atoms with Gasteiger partial charge in [0, 0.05) is 26.1 Å². The third-order valence-electron chi connectivity index (χ3n) is 3.20. The molecule has 4 heteroatoms. The van der Waals surface area contributed by atoms with Crippen LogP contribution in [0.2, 0.25) is 0 Å². The van der Waals surface area contributed by atoms with Crippen LogP contribution in [-0.2, 0) is 9.53 Å². The van der Waals surface area contributed by atoms with Gasteiger partial charge in [-0.25, -0.2) is 0 Å². The molecule has 1 rings (SSSR count). The van der Waals surface area contributed by atoms with E-state index in [9.17, 15) is 4.79 Å². The van der Waals surface area contributed by atoms with Crippen LogP contribution in [0.5, 0.6) is 0 Å². The zero-order valence-electron chi connectivity index (χ0n) is 10.2. The molecular weight excluding hydrogens is 206 g/mol. The number of aliphatic hydroxyl groups excluding tert-OH is 1. The fourth-order valence-electron chi connectivity index (χ4n) is 2.26. The molecule has 1 aliphatic carbocycles. The number of nitrogens with zero attached hydrogens (tertiary/aromatic N) is 1. The Morgan fingerprint density at radius 3 is 2.56 bits per heavy atom. The van der Waals surface area contributed by atoms with Gasteiger partial charge in [-0.2, -0.15) is 0 Å². The first kappa shape index (κ1) is 13.5. The maximum atomic E-state index is 12.2. The van der Waals surface area contributed by atoms with Gasteiger partial charge in [-0.1, -0.05) is 19.3 Å². The Kier molecular flexibility index (Phi) is 6.42. The molecule has 1 saturated carbocycles. The summed E-state index contributed by atoms with van der Waals surface area (Å²) in [7, 11) is 1.63. The van der Waals surface area contributed by atoms with Gasteiger partial charge in [-0.15, -0.1) is 0 Å². The van der Waals surface area contributed by atoms with Crippen LogP contribution in [0.15, 0.2) is 0 Å². The summed E-state index contributed by atoms with van der Waals surface area (Å²) < 4.78 is 4.98. The predicted molar refractivity (Wildman–Crippen MR) is 62.1 cm³/mol. The molecule has 0 atom stereocenters. The Morgan fingerprint density at radius 2 is 2.00 bits per heavy atom. The summed E-state index contributed by atoms with van der Waals surface area (Å²) in [6.45, 7) is 1.59. The lowest BCUT2D eigenvalue weighted by Gasteiger charge is -2.28. The zero-order valence-corrected chi connectivity index (χ0v) is 10.2. The van der Waals surface area contributed by atoms with Gasteiger partial charge in [0.25, 0.3) is 0 Å². The van der Waals surface area contributed by atoms with Gasteiger partial charge >= 0.3 is 0 Å². The van der Waals surface area contributed by atoms with Gasteiger partial charge < -0.3 is 14.7 Å². The molecule has 16 heavy (non-hydrogen) atoms. The number of methoxy groups -OCH3 is 1. The maximum Gasteiger partial charge on any atom is 0.225 e. The third-order valence-corrected chi connectivity index (χ3v) is 3.20. The number of carbonyl (C=O) groups excluding carboxylic acids is 1. The second-order valence-corrected chi connectivity index (χ2v) is 4.38. The molecule has 0 aliphatic heterocycles. The minimum Gasteiger partial charge on any atom is -0.395 e. The van der Waals surface area contributed by atoms with Gasteiger partial charge in [-0.3, -0.25) is 4.79 Å². The molecule has 0 aromatic rings. The molecule has 1 aliphatic rings. The molecular formula is C12H23NO3. The summed E-state index contributed by atoms with van der Waals surface area (Å²) in [5, 5.41) is 8.95. The van der Waals surface area contributed by atoms with Crippen LogP contribution >= 0.6 is 0 Å². The molecule has 0 aromatic carbocycles. The van der Waals surface area contributed by atoms with Gasteiger partial charge in [0.1, 0.15) is 0 Å². The lowest BCUT2D eigenvalue weighted by atomic mass is 9.88. The SMILES string of the molecule is COCCN(CCO)C(=O)C1CCCCC1. The fraction of sp³-hybridized carbons (Fsp3) is 0.917. The first-order chi connectivity index (χ1) is 7.79. The number of hydrogen-bond acceptors (Lipinski definition) is 3. The topological polar surface area (TPSA) is 49.8 Å². The van der Waals surface area contributed by atoms with Gasteiger partial charge in [0.05, 0.1) is 13.2 Å². The molecule has 94 valence electrons. The lowest BCUT2D eigenvalue weighted by Crippen LogP contribution is -2.40. The number of hydrogen-bond donors (Lipinski definition) is 1. The Labute approximate surface area is 97.6 Å². The first-order valence-corrected chi connectivity index (χ1v) is 6.18. The Morgan fingerprint density at radius 1 is 1.31 bits per heavy atom. The van der Waals surface area contributed by atoms with Crippen LogP contribution in [-0.4, -0.2) is 49.3 Å². The van der Waals surface area contributed by atoms with Crippen molar-refractivity contribution in [1.82, 2.24) is 4.90 Å². The van der Waals surface area contributed by atoms with Crippen LogP contribution in [0.3, 0.4) is 0 Å². The molecule has 1 fully saturated rings. The van der Waals surface area contributed by atoms with Crippen molar-refractivity contribution in [3.63, 3.8) is 0 Å². The standard InChI is InChI=1S/C12H23NO3/c1-16-10-8-13(7-9-14)12(15)11-5-3-2-4-6-11/h11,14H,2-10H2,1H3. The van der Waals surface area contributed by atoms with Crippen molar-refractivity contribution in [3.8, 4) is 0 Å². The van der Waals surface area contributed by atoms with Crippen LogP contribution in [0.25, 0.3) is 0 Å². The minimum atomic E-state index is 0.0299. The van der Waals surface area contributed by atoms with E-state index in [1.54, 1.807) is 12.0 Å². The number of carbonyl (C=O) groups is 1. The summed E-state index contributed by atoms with van der Waals surface area (Å²) in [6, 6.07) is 0. The molecule has 0 heterocycles. The molecule has 1 N–H and O–H groups in total. The molecule has 1 amide bonds. The Hall–Kier alpha value is -0.610. The second kappa shape index (κ2) is 7.63. The second-order valence-electron chi connectivity index (χ2n) is 4.38. The molecule has 0 saturated heterocycles. The van der Waals surface area contributed by atoms with Crippen molar-refractivity contribution in [3.05, 3.63) is 0 Å². The predicted octanol–water partition coefficient (Wildman–Crippen LogP) is 1.03.